The Labute approximate surface area is 136 Å². The predicted octanol–water partition coefficient (Wildman–Crippen LogP) is 4.15. The van der Waals surface area contributed by atoms with Crippen LogP contribution in [0.3, 0.4) is 0 Å². The third kappa shape index (κ3) is 5.51. The summed E-state index contributed by atoms with van der Waals surface area (Å²) in [6.07, 6.45) is 3.07. The maximum absolute atomic E-state index is 11.1. The third-order valence-corrected chi connectivity index (χ3v) is 3.53. The molecule has 0 unspecified atom stereocenters. The van der Waals surface area contributed by atoms with Crippen molar-refractivity contribution in [3.63, 3.8) is 0 Å². The van der Waals surface area contributed by atoms with Gasteiger partial charge in [0, 0.05) is 12.1 Å². The van der Waals surface area contributed by atoms with Gasteiger partial charge in [-0.05, 0) is 22.4 Å². The molecule has 0 saturated heterocycles. The van der Waals surface area contributed by atoms with Gasteiger partial charge in [0.05, 0.1) is 21.9 Å². The van der Waals surface area contributed by atoms with Gasteiger partial charge in [-0.15, -0.1) is 11.6 Å². The van der Waals surface area contributed by atoms with Crippen LogP contribution in [0.2, 0.25) is 0 Å². The smallest absolute Gasteiger partial charge is 0.296 e. The molecule has 0 saturated carbocycles. The lowest BCUT2D eigenvalue weighted by atomic mass is 10.2. The van der Waals surface area contributed by atoms with Crippen molar-refractivity contribution in [1.29, 1.82) is 0 Å². The number of nitro benzene ring substituents is 1. The largest absolute Gasteiger partial charge is 0.492 e. The first-order valence-electron chi connectivity index (χ1n) is 6.49. The molecule has 0 aromatic heterocycles. The lowest BCUT2D eigenvalue weighted by molar-refractivity contribution is -0.384. The zero-order valence-corrected chi connectivity index (χ0v) is 14.0. The fraction of sp³-hybridized carbons (Fsp3) is 0.462. The lowest BCUT2D eigenvalue weighted by Gasteiger charge is -2.09. The van der Waals surface area contributed by atoms with Crippen LogP contribution in [0.4, 0.5) is 11.4 Å². The number of unbranched alkanes of at least 4 members (excludes halogenated alkanes) is 2. The summed E-state index contributed by atoms with van der Waals surface area (Å²) in [5.41, 5.74) is 5.52. The Bertz CT molecular complexity index is 538. The maximum atomic E-state index is 11.1. The average Bonchev–Trinajstić information content (AvgIpc) is 2.45. The highest BCUT2D eigenvalue weighted by Gasteiger charge is 2.18. The summed E-state index contributed by atoms with van der Waals surface area (Å²) >= 11 is 8.82. The molecule has 0 aliphatic carbocycles. The molecule has 8 heteroatoms. The Hall–Kier alpha value is -1.34. The number of nitro groups is 1. The van der Waals surface area contributed by atoms with Crippen molar-refractivity contribution in [3.05, 3.63) is 26.7 Å². The first kappa shape index (κ1) is 17.7. The number of halogens is 2. The molecule has 0 aliphatic heterocycles. The van der Waals surface area contributed by atoms with Gasteiger partial charge in [0.25, 0.3) is 5.69 Å². The van der Waals surface area contributed by atoms with Crippen LogP contribution in [0.15, 0.2) is 21.6 Å². The summed E-state index contributed by atoms with van der Waals surface area (Å²) in [6, 6.07) is 2.85. The Morgan fingerprint density at radius 3 is 2.81 bits per heavy atom. The van der Waals surface area contributed by atoms with Crippen molar-refractivity contribution < 1.29 is 9.66 Å². The van der Waals surface area contributed by atoms with Crippen LogP contribution in [0.1, 0.15) is 26.2 Å². The quantitative estimate of drug-likeness (QED) is 0.184. The summed E-state index contributed by atoms with van der Waals surface area (Å²) in [7, 11) is 0. The van der Waals surface area contributed by atoms with Gasteiger partial charge >= 0.3 is 0 Å². The third-order valence-electron chi connectivity index (χ3n) is 2.63. The fourth-order valence-electron chi connectivity index (χ4n) is 1.60. The van der Waals surface area contributed by atoms with Crippen LogP contribution in [-0.4, -0.2) is 23.2 Å². The summed E-state index contributed by atoms with van der Waals surface area (Å²) in [6.45, 7) is 2.64. The van der Waals surface area contributed by atoms with Crippen LogP contribution in [0.5, 0.6) is 5.75 Å². The molecule has 0 spiro atoms. The highest BCUT2D eigenvalue weighted by Crippen LogP contribution is 2.37. The van der Waals surface area contributed by atoms with Gasteiger partial charge in [0.1, 0.15) is 17.3 Å². The highest BCUT2D eigenvalue weighted by molar-refractivity contribution is 9.10. The second-order valence-corrected chi connectivity index (χ2v) is 5.44. The van der Waals surface area contributed by atoms with E-state index in [1.54, 1.807) is 0 Å². The van der Waals surface area contributed by atoms with Gasteiger partial charge in [-0.25, -0.2) is 4.99 Å². The summed E-state index contributed by atoms with van der Waals surface area (Å²) in [5.74, 6) is 0.608. The number of benzene rings is 1. The van der Waals surface area contributed by atoms with Gasteiger partial charge in [0.15, 0.2) is 0 Å². The number of alkyl halides is 1. The monoisotopic (exact) mass is 377 g/mol. The Kier molecular flexibility index (Phi) is 7.45. The van der Waals surface area contributed by atoms with E-state index in [0.29, 0.717) is 16.8 Å². The molecule has 2 N–H and O–H groups in total. The van der Waals surface area contributed by atoms with Crippen LogP contribution in [0, 0.1) is 10.1 Å². The van der Waals surface area contributed by atoms with E-state index >= 15 is 0 Å². The SMILES string of the molecule is CCCCCOc1cc(N=C(N)CCl)c([N+](=O)[O-])cc1Br. The number of ether oxygens (including phenoxy) is 1. The minimum absolute atomic E-state index is 0.0000906. The van der Waals surface area contributed by atoms with Crippen molar-refractivity contribution in [3.8, 4) is 5.75 Å². The second kappa shape index (κ2) is 8.84. The Balaban J connectivity index is 3.05. The van der Waals surface area contributed by atoms with Crippen molar-refractivity contribution >= 4 is 44.7 Å². The highest BCUT2D eigenvalue weighted by atomic mass is 79.9. The Morgan fingerprint density at radius 1 is 1.52 bits per heavy atom. The van der Waals surface area contributed by atoms with E-state index in [2.05, 4.69) is 27.8 Å². The van der Waals surface area contributed by atoms with E-state index in [0.717, 1.165) is 19.3 Å². The number of amidine groups is 1. The van der Waals surface area contributed by atoms with Crippen molar-refractivity contribution in [1.82, 2.24) is 0 Å². The molecule has 1 rings (SSSR count). The standard InChI is InChI=1S/C13H17BrClN3O3/c1-2-3-4-5-21-12-7-10(17-13(16)8-15)11(18(19)20)6-9(12)14/h6-7H,2-5,8H2,1H3,(H2,16,17). The molecular weight excluding hydrogens is 362 g/mol. The van der Waals surface area contributed by atoms with Gasteiger partial charge in [-0.1, -0.05) is 19.8 Å². The summed E-state index contributed by atoms with van der Waals surface area (Å²) in [4.78, 5) is 14.5. The van der Waals surface area contributed by atoms with E-state index < -0.39 is 4.92 Å². The van der Waals surface area contributed by atoms with Gasteiger partial charge in [-0.2, -0.15) is 0 Å². The zero-order valence-electron chi connectivity index (χ0n) is 11.6. The lowest BCUT2D eigenvalue weighted by Crippen LogP contribution is -2.12. The van der Waals surface area contributed by atoms with Crippen molar-refractivity contribution in [2.24, 2.45) is 10.7 Å². The summed E-state index contributed by atoms with van der Waals surface area (Å²) < 4.78 is 6.13. The maximum Gasteiger partial charge on any atom is 0.296 e. The van der Waals surface area contributed by atoms with Crippen molar-refractivity contribution in [2.45, 2.75) is 26.2 Å². The van der Waals surface area contributed by atoms with E-state index in [-0.39, 0.29) is 23.1 Å². The van der Waals surface area contributed by atoms with Gasteiger partial charge in [0.2, 0.25) is 0 Å². The first-order valence-corrected chi connectivity index (χ1v) is 7.82. The van der Waals surface area contributed by atoms with Crippen LogP contribution in [0.25, 0.3) is 0 Å². The molecule has 0 heterocycles. The predicted molar refractivity (Wildman–Crippen MR) is 87.8 cm³/mol. The molecule has 0 fully saturated rings. The minimum Gasteiger partial charge on any atom is -0.492 e. The molecule has 6 nitrogen and oxygen atoms in total. The number of hydrogen-bond acceptors (Lipinski definition) is 4. The minimum atomic E-state index is -0.522. The van der Waals surface area contributed by atoms with Gasteiger partial charge in [-0.3, -0.25) is 10.1 Å². The van der Waals surface area contributed by atoms with E-state index in [1.807, 2.05) is 0 Å². The first-order chi connectivity index (χ1) is 9.99. The van der Waals surface area contributed by atoms with Crippen LogP contribution >= 0.6 is 27.5 Å². The van der Waals surface area contributed by atoms with Crippen LogP contribution in [-0.2, 0) is 0 Å². The Morgan fingerprint density at radius 2 is 2.24 bits per heavy atom. The molecule has 0 aliphatic rings. The molecule has 0 bridgehead atoms. The number of rotatable bonds is 8. The topological polar surface area (TPSA) is 90.8 Å². The number of nitrogens with two attached hydrogens (primary N) is 1. The zero-order chi connectivity index (χ0) is 15.8. The molecule has 0 radical (unpaired) electrons. The van der Waals surface area contributed by atoms with E-state index in [1.165, 1.54) is 12.1 Å². The number of aliphatic imine (C=N–C) groups is 1. The molecule has 21 heavy (non-hydrogen) atoms. The number of hydrogen-bond donors (Lipinski definition) is 1. The van der Waals surface area contributed by atoms with E-state index in [4.69, 9.17) is 22.1 Å². The molecule has 1 aromatic carbocycles. The summed E-state index contributed by atoms with van der Waals surface area (Å²) in [5, 5.41) is 11.1. The molecule has 116 valence electrons. The molecule has 0 atom stereocenters. The second-order valence-electron chi connectivity index (χ2n) is 4.32. The molecule has 0 amide bonds. The van der Waals surface area contributed by atoms with E-state index in [9.17, 15) is 10.1 Å². The normalized spacial score (nSPS) is 11.5. The van der Waals surface area contributed by atoms with Crippen molar-refractivity contribution in [2.75, 3.05) is 12.5 Å². The molecule has 1 aromatic rings. The average molecular weight is 379 g/mol. The number of nitrogens with zero attached hydrogens (tertiary/aromatic N) is 2. The molecular formula is C13H17BrClN3O3. The fourth-order valence-corrected chi connectivity index (χ4v) is 2.10. The van der Waals surface area contributed by atoms with Crippen LogP contribution < -0.4 is 10.5 Å². The van der Waals surface area contributed by atoms with Gasteiger partial charge < -0.3 is 10.5 Å².